The standard InChI is InChI=1S/C18F30/c19-5-1(2(8(23,24)25)6(20)4(10(29,30)31)3(5)9(26,27)28)7(21,22)11(32,33)12(34,35)13(36,37)14(38,39)15(40,41)16(42,43)17(44,45)18(46,47)48. The molecular formula is C18F30. The van der Waals surface area contributed by atoms with E-state index in [2.05, 4.69) is 0 Å². The first-order valence-corrected chi connectivity index (χ1v) is 10.2. The quantitative estimate of drug-likeness (QED) is 0.230. The van der Waals surface area contributed by atoms with Gasteiger partial charge in [-0.25, -0.2) is 8.78 Å². The van der Waals surface area contributed by atoms with Gasteiger partial charge in [0.2, 0.25) is 0 Å². The van der Waals surface area contributed by atoms with Gasteiger partial charge in [0.1, 0.15) is 28.3 Å². The van der Waals surface area contributed by atoms with Gasteiger partial charge in [0, 0.05) is 0 Å². The van der Waals surface area contributed by atoms with Crippen LogP contribution in [-0.4, -0.2) is 47.6 Å². The molecule has 0 amide bonds. The van der Waals surface area contributed by atoms with Gasteiger partial charge in [-0.05, 0) is 0 Å². The second-order valence-electron chi connectivity index (χ2n) is 8.71. The maximum atomic E-state index is 14.5. The van der Waals surface area contributed by atoms with Crippen LogP contribution in [0.1, 0.15) is 22.3 Å². The monoisotopic (exact) mass is 786 g/mol. The van der Waals surface area contributed by atoms with Crippen LogP contribution in [0.3, 0.4) is 0 Å². The predicted octanol–water partition coefficient (Wildman–Crippen LogP) is 11.1. The number of halogens is 30. The minimum Gasteiger partial charge on any atom is -0.206 e. The molecule has 48 heavy (non-hydrogen) atoms. The molecule has 0 atom stereocenters. The molecular weight excluding hydrogens is 786 g/mol. The Hall–Kier alpha value is -2.88. The van der Waals surface area contributed by atoms with Gasteiger partial charge in [-0.1, -0.05) is 0 Å². The van der Waals surface area contributed by atoms with Gasteiger partial charge in [0.15, 0.2) is 0 Å². The summed E-state index contributed by atoms with van der Waals surface area (Å²) < 4.78 is 402. The van der Waals surface area contributed by atoms with Gasteiger partial charge in [-0.3, -0.25) is 0 Å². The Morgan fingerprint density at radius 1 is 0.229 bits per heavy atom. The van der Waals surface area contributed by atoms with E-state index in [0.717, 1.165) is 0 Å². The highest BCUT2D eigenvalue weighted by atomic mass is 19.4. The average Bonchev–Trinajstić information content (AvgIpc) is 2.80. The predicted molar refractivity (Wildman–Crippen MR) is 85.9 cm³/mol. The van der Waals surface area contributed by atoms with E-state index in [9.17, 15) is 132 Å². The zero-order valence-electron chi connectivity index (χ0n) is 20.3. The third kappa shape index (κ3) is 5.58. The van der Waals surface area contributed by atoms with E-state index in [1.165, 1.54) is 0 Å². The van der Waals surface area contributed by atoms with Crippen molar-refractivity contribution in [1.29, 1.82) is 0 Å². The molecule has 0 nitrogen and oxygen atoms in total. The number of hydrogen-bond donors (Lipinski definition) is 0. The topological polar surface area (TPSA) is 0 Å². The van der Waals surface area contributed by atoms with Crippen LogP contribution >= 0.6 is 0 Å². The van der Waals surface area contributed by atoms with Crippen molar-refractivity contribution in [2.45, 2.75) is 72.1 Å². The fourth-order valence-corrected chi connectivity index (χ4v) is 3.30. The largest absolute Gasteiger partial charge is 0.460 e. The third-order valence-corrected chi connectivity index (χ3v) is 5.66. The molecule has 0 N–H and O–H groups in total. The van der Waals surface area contributed by atoms with Crippen LogP contribution in [0.15, 0.2) is 0 Å². The van der Waals surface area contributed by atoms with Crippen molar-refractivity contribution < 1.29 is 132 Å². The van der Waals surface area contributed by atoms with Gasteiger partial charge in [-0.2, -0.15) is 123 Å². The first kappa shape index (κ1) is 43.1. The highest BCUT2D eigenvalue weighted by Gasteiger charge is 2.97. The van der Waals surface area contributed by atoms with Crippen molar-refractivity contribution in [2.75, 3.05) is 0 Å². The normalized spacial score (nSPS) is 16.1. The van der Waals surface area contributed by atoms with Crippen LogP contribution in [-0.2, 0) is 24.5 Å². The maximum absolute atomic E-state index is 14.5. The summed E-state index contributed by atoms with van der Waals surface area (Å²) in [6, 6.07) is 0. The molecule has 1 aromatic rings. The molecule has 0 aliphatic heterocycles. The molecule has 282 valence electrons. The van der Waals surface area contributed by atoms with Gasteiger partial charge in [-0.15, -0.1) is 0 Å². The number of alkyl halides is 28. The zero-order valence-corrected chi connectivity index (χ0v) is 20.3. The van der Waals surface area contributed by atoms with Crippen LogP contribution in [0, 0.1) is 11.6 Å². The molecule has 0 saturated carbocycles. The Balaban J connectivity index is 4.42. The van der Waals surface area contributed by atoms with E-state index >= 15 is 0 Å². The molecule has 0 bridgehead atoms. The van der Waals surface area contributed by atoms with Crippen LogP contribution < -0.4 is 0 Å². The van der Waals surface area contributed by atoms with Gasteiger partial charge >= 0.3 is 72.1 Å². The van der Waals surface area contributed by atoms with Crippen LogP contribution in [0.5, 0.6) is 0 Å². The first-order chi connectivity index (χ1) is 20.3. The lowest BCUT2D eigenvalue weighted by molar-refractivity contribution is -0.469. The second-order valence-corrected chi connectivity index (χ2v) is 8.71. The molecule has 1 aromatic carbocycles. The van der Waals surface area contributed by atoms with Gasteiger partial charge in [0.25, 0.3) is 0 Å². The fourth-order valence-electron chi connectivity index (χ4n) is 3.30. The third-order valence-electron chi connectivity index (χ3n) is 5.66. The molecule has 1 rings (SSSR count). The lowest BCUT2D eigenvalue weighted by Gasteiger charge is -2.44. The summed E-state index contributed by atoms with van der Waals surface area (Å²) in [6.45, 7) is 0. The Morgan fingerprint density at radius 2 is 0.417 bits per heavy atom. The van der Waals surface area contributed by atoms with E-state index < -0.39 is 106 Å². The van der Waals surface area contributed by atoms with Crippen LogP contribution in [0.25, 0.3) is 0 Å². The van der Waals surface area contributed by atoms with E-state index in [0.29, 0.717) is 0 Å². The van der Waals surface area contributed by atoms with E-state index in [-0.39, 0.29) is 0 Å². The minimum absolute atomic E-state index is 4.71. The second kappa shape index (κ2) is 10.8. The number of benzene rings is 1. The van der Waals surface area contributed by atoms with E-state index in [4.69, 9.17) is 0 Å². The lowest BCUT2D eigenvalue weighted by Crippen LogP contribution is -2.75. The summed E-state index contributed by atoms with van der Waals surface area (Å²) in [4.78, 5) is 0. The molecule has 30 heteroatoms. The highest BCUT2D eigenvalue weighted by Crippen LogP contribution is 2.67. The molecule has 0 saturated heterocycles. The Labute approximate surface area is 239 Å². The Bertz CT molecular complexity index is 1370. The summed E-state index contributed by atoms with van der Waals surface area (Å²) in [5, 5.41) is 0. The highest BCUT2D eigenvalue weighted by molar-refractivity contribution is 5.49. The van der Waals surface area contributed by atoms with E-state index in [1.807, 2.05) is 0 Å². The Morgan fingerprint density at radius 3 is 0.646 bits per heavy atom. The first-order valence-electron chi connectivity index (χ1n) is 10.2. The van der Waals surface area contributed by atoms with Crippen molar-refractivity contribution in [3.8, 4) is 0 Å². The minimum atomic E-state index is -9.76. The SMILES string of the molecule is Fc1c(C(F)(F)F)c(C(F)(F)F)c(F)c(C(F)(F)C(F)(F)C(F)(F)C(F)(F)C(F)(F)C(F)(F)C(F)(F)C(F)(F)C(F)(F)F)c1C(F)(F)F. The van der Waals surface area contributed by atoms with Gasteiger partial charge in [0.05, 0.1) is 5.56 Å². The van der Waals surface area contributed by atoms with E-state index in [1.54, 1.807) is 0 Å². The Kier molecular flexibility index (Phi) is 9.71. The van der Waals surface area contributed by atoms with Crippen molar-refractivity contribution in [1.82, 2.24) is 0 Å². The molecule has 0 aliphatic carbocycles. The molecule has 0 spiro atoms. The van der Waals surface area contributed by atoms with Crippen molar-refractivity contribution in [3.05, 3.63) is 33.9 Å². The fraction of sp³-hybridized carbons (Fsp3) is 0.667. The summed E-state index contributed by atoms with van der Waals surface area (Å²) in [5.41, 5.74) is -20.3. The summed E-state index contributed by atoms with van der Waals surface area (Å²) in [5.74, 6) is -85.4. The average molecular weight is 786 g/mol. The summed E-state index contributed by atoms with van der Waals surface area (Å²) >= 11 is 0. The summed E-state index contributed by atoms with van der Waals surface area (Å²) in [6.07, 6.45) is -31.0. The number of rotatable bonds is 8. The van der Waals surface area contributed by atoms with Crippen molar-refractivity contribution >= 4 is 0 Å². The molecule has 0 fully saturated rings. The smallest absolute Gasteiger partial charge is 0.206 e. The molecule has 0 aromatic heterocycles. The summed E-state index contributed by atoms with van der Waals surface area (Å²) in [7, 11) is 0. The zero-order chi connectivity index (χ0) is 39.5. The maximum Gasteiger partial charge on any atom is 0.460 e. The van der Waals surface area contributed by atoms with Crippen molar-refractivity contribution in [2.24, 2.45) is 0 Å². The molecule has 0 unspecified atom stereocenters. The molecule has 0 aliphatic rings. The molecule has 0 radical (unpaired) electrons. The molecule has 0 heterocycles. The van der Waals surface area contributed by atoms with Crippen LogP contribution in [0.2, 0.25) is 0 Å². The van der Waals surface area contributed by atoms with Crippen LogP contribution in [0.4, 0.5) is 132 Å². The lowest BCUT2D eigenvalue weighted by atomic mass is 9.83. The van der Waals surface area contributed by atoms with Crippen molar-refractivity contribution in [3.63, 3.8) is 0 Å². The number of hydrogen-bond acceptors (Lipinski definition) is 0. The van der Waals surface area contributed by atoms with Gasteiger partial charge < -0.3 is 0 Å².